The van der Waals surface area contributed by atoms with E-state index in [9.17, 15) is 33.9 Å². The number of pyridine rings is 1. The molecule has 0 unspecified atom stereocenters. The van der Waals surface area contributed by atoms with Gasteiger partial charge in [-0.1, -0.05) is 44.2 Å². The molecule has 3 fully saturated rings. The maximum absolute atomic E-state index is 14.7. The number of aliphatic hydroxyl groups is 1. The number of nitrogens with one attached hydrogen (secondary N) is 3. The average molecular weight is 1080 g/mol. The number of amides is 4. The van der Waals surface area contributed by atoms with Gasteiger partial charge >= 0.3 is 0 Å². The second kappa shape index (κ2) is 22.6. The summed E-state index contributed by atoms with van der Waals surface area (Å²) >= 11 is 2.96. The van der Waals surface area contributed by atoms with Gasteiger partial charge in [0.05, 0.1) is 76.0 Å². The smallest absolute Gasteiger partial charge is 0.258 e. The normalized spacial score (nSPS) is 17.7. The fraction of sp³-hybridized carbons (Fsp3) is 0.472. The minimum Gasteiger partial charge on any atom is -0.491 e. The molecule has 23 heteroatoms. The van der Waals surface area contributed by atoms with E-state index in [4.69, 9.17) is 14.5 Å². The summed E-state index contributed by atoms with van der Waals surface area (Å²) < 4.78 is 28.6. The Morgan fingerprint density at radius 3 is 2.50 bits per heavy atom. The zero-order chi connectivity index (χ0) is 53.9. The number of carbonyl (C=O) groups is 4. The number of nitrogens with zero attached hydrogens (tertiary/aromatic N) is 10. The second-order valence-corrected chi connectivity index (χ2v) is 22.5. The molecule has 6 aromatic rings. The van der Waals surface area contributed by atoms with Gasteiger partial charge in [0.25, 0.3) is 5.91 Å². The molecular weight excluding hydrogens is 1010 g/mol. The molecule has 0 bridgehead atoms. The number of β-amino-alcohol motifs (C(OH)–C–C–N with tert-alkyl or cyclic N) is 1. The predicted molar refractivity (Wildman–Crippen MR) is 285 cm³/mol. The quantitative estimate of drug-likeness (QED) is 0.0702. The van der Waals surface area contributed by atoms with Crippen molar-refractivity contribution in [2.45, 2.75) is 104 Å². The number of hydrogen-bond acceptors (Lipinski definition) is 17. The van der Waals surface area contributed by atoms with Crippen molar-refractivity contribution in [1.82, 2.24) is 50.2 Å². The number of aliphatic hydroxyl groups excluding tert-OH is 1. The number of fused-ring (bicyclic) bond motifs is 1. The van der Waals surface area contributed by atoms with E-state index in [1.165, 1.54) is 33.8 Å². The highest BCUT2D eigenvalue weighted by atomic mass is 32.1. The van der Waals surface area contributed by atoms with Crippen molar-refractivity contribution < 1.29 is 38.1 Å². The molecule has 0 radical (unpaired) electrons. The number of hydrogen-bond donors (Lipinski definition) is 4. The van der Waals surface area contributed by atoms with Crippen LogP contribution in [-0.2, 0) is 30.5 Å². The van der Waals surface area contributed by atoms with Crippen LogP contribution in [0.3, 0.4) is 0 Å². The number of thiazole rings is 1. The van der Waals surface area contributed by atoms with Crippen LogP contribution in [0.4, 0.5) is 15.2 Å². The highest BCUT2D eigenvalue weighted by Crippen LogP contribution is 2.41. The van der Waals surface area contributed by atoms with Gasteiger partial charge in [-0.15, -0.1) is 21.5 Å². The lowest BCUT2D eigenvalue weighted by Crippen LogP contribution is -2.59. The average Bonchev–Trinajstić information content (AvgIpc) is 3.90. The van der Waals surface area contributed by atoms with Gasteiger partial charge in [-0.2, -0.15) is 10.4 Å². The van der Waals surface area contributed by atoms with Gasteiger partial charge in [0.15, 0.2) is 10.7 Å². The Kier molecular flexibility index (Phi) is 16.0. The third-order valence-corrected chi connectivity index (χ3v) is 15.6. The Labute approximate surface area is 447 Å². The van der Waals surface area contributed by atoms with Crippen molar-refractivity contribution >= 4 is 62.6 Å². The Morgan fingerprint density at radius 1 is 1.00 bits per heavy atom. The van der Waals surface area contributed by atoms with Crippen LogP contribution in [0.15, 0.2) is 60.4 Å². The number of piperazine rings is 1. The van der Waals surface area contributed by atoms with Crippen molar-refractivity contribution in [3.8, 4) is 44.2 Å². The molecule has 5 aromatic heterocycles. The first kappa shape index (κ1) is 53.7. The molecule has 400 valence electrons. The summed E-state index contributed by atoms with van der Waals surface area (Å²) in [7, 11) is 0. The Morgan fingerprint density at radius 2 is 1.79 bits per heavy atom. The van der Waals surface area contributed by atoms with E-state index in [-0.39, 0.29) is 70.5 Å². The van der Waals surface area contributed by atoms with E-state index in [1.807, 2.05) is 48.2 Å². The highest BCUT2D eigenvalue weighted by Gasteiger charge is 2.53. The number of nitriles is 1. The lowest BCUT2D eigenvalue weighted by Gasteiger charge is -2.35. The Balaban J connectivity index is 0.759. The number of rotatable bonds is 19. The lowest BCUT2D eigenvalue weighted by molar-refractivity contribution is -0.145. The zero-order valence-corrected chi connectivity index (χ0v) is 45.0. The molecule has 4 N–H and O–H groups in total. The number of aryl methyl sites for hydroxylation is 1. The monoisotopic (exact) mass is 1080 g/mol. The Bertz CT molecular complexity index is 3150. The molecule has 2 saturated heterocycles. The lowest BCUT2D eigenvalue weighted by atomic mass is 9.85. The molecule has 1 aromatic carbocycles. The Hall–Kier alpha value is -7.13. The fourth-order valence-electron chi connectivity index (χ4n) is 9.25. The van der Waals surface area contributed by atoms with Crippen LogP contribution in [0.1, 0.15) is 77.1 Å². The summed E-state index contributed by atoms with van der Waals surface area (Å²) in [5.41, 5.74) is 5.82. The molecule has 7 heterocycles. The molecule has 3 aliphatic rings. The molecule has 0 spiro atoms. The molecule has 1 saturated carbocycles. The molecular formula is C53H62FN13O7S2. The van der Waals surface area contributed by atoms with Crippen LogP contribution in [0.5, 0.6) is 5.75 Å². The van der Waals surface area contributed by atoms with E-state index >= 15 is 0 Å². The fourth-order valence-corrected chi connectivity index (χ4v) is 11.0. The minimum absolute atomic E-state index is 0.00209. The van der Waals surface area contributed by atoms with Crippen LogP contribution in [0, 0.1) is 23.7 Å². The zero-order valence-electron chi connectivity index (χ0n) is 43.3. The van der Waals surface area contributed by atoms with E-state index < -0.39 is 47.0 Å². The third kappa shape index (κ3) is 12.1. The number of anilines is 2. The van der Waals surface area contributed by atoms with Crippen molar-refractivity contribution in [3.05, 3.63) is 77.2 Å². The summed E-state index contributed by atoms with van der Waals surface area (Å²) in [5, 5.41) is 44.0. The number of carbonyl (C=O) groups excluding carboxylic acids is 4. The maximum atomic E-state index is 14.7. The molecule has 76 heavy (non-hydrogen) atoms. The number of ether oxygens (including phenoxy) is 2. The van der Waals surface area contributed by atoms with Crippen LogP contribution >= 0.6 is 22.7 Å². The summed E-state index contributed by atoms with van der Waals surface area (Å²) in [5.74, 6) is -1.42. The van der Waals surface area contributed by atoms with Crippen molar-refractivity contribution in [1.29, 1.82) is 5.26 Å². The molecule has 2 aliphatic heterocycles. The van der Waals surface area contributed by atoms with Gasteiger partial charge in [0, 0.05) is 69.2 Å². The standard InChI is InChI=1S/C53H62FN13O7S2/c1-31(2)60-39-24-40(41-10-9-36-21-33(25-55)26-59-67(36)41)56-28-38(39)48-62-63-51(76-48)65-16-14-64(15-17-65)44(69)11-18-73-19-20-74-43-22-34(45-32(3)58-30-75-45)7-8-35(43)27-57-47(70)42-23-37(68)29-66(42)49(71)46(52(4,5)6)61-50(72)53(54)12-13-53/h7-10,21-22,24,26,28,30-31,37,42,46,68H,11-20,23,27,29H2,1-6H3,(H,56,60)(H,57,70)(H,61,72)/t37-,42+,46-/m1/s1. The molecule has 1 aliphatic carbocycles. The molecule has 3 atom stereocenters. The predicted octanol–water partition coefficient (Wildman–Crippen LogP) is 5.78. The van der Waals surface area contributed by atoms with Crippen molar-refractivity contribution in [3.63, 3.8) is 0 Å². The van der Waals surface area contributed by atoms with Crippen LogP contribution in [0.25, 0.3) is 37.9 Å². The van der Waals surface area contributed by atoms with Crippen LogP contribution in [-0.4, -0.2) is 151 Å². The van der Waals surface area contributed by atoms with Gasteiger partial charge in [-0.3, -0.25) is 24.2 Å². The van der Waals surface area contributed by atoms with Gasteiger partial charge in [0.2, 0.25) is 22.9 Å². The molecule has 9 rings (SSSR count). The second-order valence-electron chi connectivity index (χ2n) is 20.7. The van der Waals surface area contributed by atoms with Gasteiger partial charge in [-0.25, -0.2) is 13.9 Å². The summed E-state index contributed by atoms with van der Waals surface area (Å²) in [6.07, 6.45) is 2.74. The first-order valence-electron chi connectivity index (χ1n) is 25.4. The van der Waals surface area contributed by atoms with E-state index in [2.05, 4.69) is 61.0 Å². The van der Waals surface area contributed by atoms with Gasteiger partial charge in [-0.05, 0) is 74.9 Å². The largest absolute Gasteiger partial charge is 0.491 e. The molecule has 20 nitrogen and oxygen atoms in total. The van der Waals surface area contributed by atoms with Crippen molar-refractivity contribution in [2.75, 3.05) is 62.8 Å². The summed E-state index contributed by atoms with van der Waals surface area (Å²) in [4.78, 5) is 69.2. The number of benzene rings is 1. The van der Waals surface area contributed by atoms with Crippen LogP contribution in [0.2, 0.25) is 0 Å². The van der Waals surface area contributed by atoms with E-state index in [1.54, 1.807) is 43.1 Å². The SMILES string of the molecule is Cc1ncsc1-c1ccc(CNC(=O)[C@@H]2C[C@@H](O)CN2C(=O)[C@@H](NC(=O)C2(F)CC2)C(C)(C)C)c(OCCOCCC(=O)N2CCN(c3nnc(-c4cnc(-c5ccc6cc(C#N)cnn56)cc4NC(C)C)s3)CC2)c1. The van der Waals surface area contributed by atoms with E-state index in [0.29, 0.717) is 53.8 Å². The van der Waals surface area contributed by atoms with Crippen molar-refractivity contribution in [2.24, 2.45) is 5.41 Å². The highest BCUT2D eigenvalue weighted by molar-refractivity contribution is 7.18. The topological polar surface area (TPSA) is 245 Å². The van der Waals surface area contributed by atoms with Gasteiger partial charge < -0.3 is 45.2 Å². The maximum Gasteiger partial charge on any atom is 0.258 e. The first-order chi connectivity index (χ1) is 36.4. The van der Waals surface area contributed by atoms with Crippen LogP contribution < -0.4 is 25.6 Å². The van der Waals surface area contributed by atoms with E-state index in [0.717, 1.165) is 43.7 Å². The number of alkyl halides is 1. The third-order valence-electron chi connectivity index (χ3n) is 13.6. The minimum atomic E-state index is -1.99. The number of halogens is 1. The first-order valence-corrected chi connectivity index (χ1v) is 27.1. The van der Waals surface area contributed by atoms with Gasteiger partial charge in [0.1, 0.15) is 30.5 Å². The number of aromatic nitrogens is 6. The number of likely N-dealkylation sites (tertiary alicyclic amines) is 1. The molecule has 4 amide bonds. The summed E-state index contributed by atoms with van der Waals surface area (Å²) in [6, 6.07) is 13.4. The summed E-state index contributed by atoms with van der Waals surface area (Å²) in [6.45, 7) is 14.0.